The van der Waals surface area contributed by atoms with Crippen LogP contribution < -0.4 is 0 Å². The van der Waals surface area contributed by atoms with E-state index in [1.54, 1.807) is 18.9 Å². The van der Waals surface area contributed by atoms with Gasteiger partial charge in [-0.3, -0.25) is 9.59 Å². The molecule has 0 radical (unpaired) electrons. The van der Waals surface area contributed by atoms with E-state index in [0.29, 0.717) is 5.92 Å². The molecule has 98 valence electrons. The summed E-state index contributed by atoms with van der Waals surface area (Å²) in [5.41, 5.74) is 0. The minimum absolute atomic E-state index is 0.0505. The zero-order chi connectivity index (χ0) is 12.8. The molecule has 0 bridgehead atoms. The highest BCUT2D eigenvalue weighted by molar-refractivity contribution is 5.81. The van der Waals surface area contributed by atoms with Crippen LogP contribution in [0.2, 0.25) is 0 Å². The second-order valence-electron chi connectivity index (χ2n) is 5.22. The Morgan fingerprint density at radius 2 is 1.88 bits per heavy atom. The maximum absolute atomic E-state index is 11.8. The number of nitrogens with zero attached hydrogens (tertiary/aromatic N) is 1. The fourth-order valence-electron chi connectivity index (χ4n) is 2.36. The second kappa shape index (κ2) is 6.62. The van der Waals surface area contributed by atoms with E-state index >= 15 is 0 Å². The van der Waals surface area contributed by atoms with E-state index in [2.05, 4.69) is 0 Å². The molecule has 1 amide bonds. The summed E-state index contributed by atoms with van der Waals surface area (Å²) >= 11 is 0. The summed E-state index contributed by atoms with van der Waals surface area (Å²) in [6.07, 6.45) is 6.34. The van der Waals surface area contributed by atoms with Crippen molar-refractivity contribution in [2.75, 3.05) is 13.6 Å². The summed E-state index contributed by atoms with van der Waals surface area (Å²) in [5.74, 6) is -0.927. The van der Waals surface area contributed by atoms with Gasteiger partial charge in [0.05, 0.1) is 5.92 Å². The average Bonchev–Trinajstić information content (AvgIpc) is 2.29. The Hall–Kier alpha value is -1.06. The standard InChI is InChI=1S/C13H23NO3/c1-10(13(16)17)8-12(15)14(2)9-11-6-4-3-5-7-11/h10-11H,3-9H2,1-2H3,(H,16,17). The number of aliphatic carboxylic acids is 1. The molecule has 0 heterocycles. The molecule has 0 aromatic rings. The van der Waals surface area contributed by atoms with Crippen molar-refractivity contribution in [1.82, 2.24) is 4.90 Å². The molecule has 0 aromatic heterocycles. The molecule has 1 aliphatic carbocycles. The Bertz CT molecular complexity index is 272. The number of carboxylic acids is 1. The minimum Gasteiger partial charge on any atom is -0.481 e. The highest BCUT2D eigenvalue weighted by Crippen LogP contribution is 2.24. The van der Waals surface area contributed by atoms with Crippen LogP contribution in [0, 0.1) is 11.8 Å². The first-order valence-electron chi connectivity index (χ1n) is 6.47. The van der Waals surface area contributed by atoms with E-state index in [1.807, 2.05) is 0 Å². The summed E-state index contributed by atoms with van der Waals surface area (Å²) in [6, 6.07) is 0. The van der Waals surface area contributed by atoms with E-state index in [1.165, 1.54) is 32.1 Å². The third-order valence-corrected chi connectivity index (χ3v) is 3.58. The van der Waals surface area contributed by atoms with Crippen LogP contribution in [0.15, 0.2) is 0 Å². The quantitative estimate of drug-likeness (QED) is 0.802. The Balaban J connectivity index is 2.33. The minimum atomic E-state index is -0.899. The van der Waals surface area contributed by atoms with E-state index in [4.69, 9.17) is 5.11 Å². The first-order valence-corrected chi connectivity index (χ1v) is 6.47. The van der Waals surface area contributed by atoms with Crippen molar-refractivity contribution in [2.24, 2.45) is 11.8 Å². The molecule has 4 heteroatoms. The van der Waals surface area contributed by atoms with Gasteiger partial charge in [-0.05, 0) is 18.8 Å². The molecule has 1 aliphatic rings. The number of hydrogen-bond acceptors (Lipinski definition) is 2. The molecule has 1 unspecified atom stereocenters. The van der Waals surface area contributed by atoms with Gasteiger partial charge >= 0.3 is 5.97 Å². The highest BCUT2D eigenvalue weighted by atomic mass is 16.4. The van der Waals surface area contributed by atoms with Crippen LogP contribution >= 0.6 is 0 Å². The van der Waals surface area contributed by atoms with Crippen molar-refractivity contribution in [3.05, 3.63) is 0 Å². The molecule has 0 saturated heterocycles. The molecule has 0 aliphatic heterocycles. The lowest BCUT2D eigenvalue weighted by molar-refractivity contribution is -0.145. The highest BCUT2D eigenvalue weighted by Gasteiger charge is 2.21. The van der Waals surface area contributed by atoms with Crippen LogP contribution in [-0.4, -0.2) is 35.5 Å². The van der Waals surface area contributed by atoms with Gasteiger partial charge in [-0.25, -0.2) is 0 Å². The lowest BCUT2D eigenvalue weighted by Gasteiger charge is -2.27. The molecular weight excluding hydrogens is 218 g/mol. The zero-order valence-electron chi connectivity index (χ0n) is 10.8. The van der Waals surface area contributed by atoms with E-state index in [-0.39, 0.29) is 12.3 Å². The van der Waals surface area contributed by atoms with Gasteiger partial charge in [-0.1, -0.05) is 26.2 Å². The molecule has 1 fully saturated rings. The van der Waals surface area contributed by atoms with Crippen LogP contribution in [0.5, 0.6) is 0 Å². The van der Waals surface area contributed by atoms with Crippen molar-refractivity contribution in [3.63, 3.8) is 0 Å². The summed E-state index contributed by atoms with van der Waals surface area (Å²) in [4.78, 5) is 24.2. The van der Waals surface area contributed by atoms with Crippen LogP contribution in [-0.2, 0) is 9.59 Å². The first-order chi connectivity index (χ1) is 8.00. The van der Waals surface area contributed by atoms with E-state index in [0.717, 1.165) is 6.54 Å². The van der Waals surface area contributed by atoms with Gasteiger partial charge in [0.2, 0.25) is 5.91 Å². The van der Waals surface area contributed by atoms with Gasteiger partial charge in [0.1, 0.15) is 0 Å². The predicted molar refractivity (Wildman–Crippen MR) is 65.6 cm³/mol. The molecule has 17 heavy (non-hydrogen) atoms. The Labute approximate surface area is 103 Å². The molecule has 4 nitrogen and oxygen atoms in total. The molecule has 1 saturated carbocycles. The van der Waals surface area contributed by atoms with Gasteiger partial charge in [0.25, 0.3) is 0 Å². The van der Waals surface area contributed by atoms with Crippen molar-refractivity contribution in [1.29, 1.82) is 0 Å². The molecule has 1 N–H and O–H groups in total. The Morgan fingerprint density at radius 1 is 1.29 bits per heavy atom. The van der Waals surface area contributed by atoms with Gasteiger partial charge in [-0.2, -0.15) is 0 Å². The average molecular weight is 241 g/mol. The van der Waals surface area contributed by atoms with Crippen LogP contribution in [0.25, 0.3) is 0 Å². The number of carbonyl (C=O) groups excluding carboxylic acids is 1. The number of carboxylic acid groups (broad SMARTS) is 1. The summed E-state index contributed by atoms with van der Waals surface area (Å²) in [6.45, 7) is 2.36. The molecule has 0 spiro atoms. The lowest BCUT2D eigenvalue weighted by atomic mass is 9.89. The first kappa shape index (κ1) is 14.0. The van der Waals surface area contributed by atoms with Crippen LogP contribution in [0.1, 0.15) is 45.4 Å². The van der Waals surface area contributed by atoms with E-state index < -0.39 is 11.9 Å². The summed E-state index contributed by atoms with van der Waals surface area (Å²) in [5, 5.41) is 8.76. The van der Waals surface area contributed by atoms with Crippen molar-refractivity contribution >= 4 is 11.9 Å². The maximum Gasteiger partial charge on any atom is 0.306 e. The summed E-state index contributed by atoms with van der Waals surface area (Å²) < 4.78 is 0. The van der Waals surface area contributed by atoms with Gasteiger partial charge < -0.3 is 10.0 Å². The summed E-state index contributed by atoms with van der Waals surface area (Å²) in [7, 11) is 1.78. The monoisotopic (exact) mass is 241 g/mol. The van der Waals surface area contributed by atoms with Crippen LogP contribution in [0.4, 0.5) is 0 Å². The normalized spacial score (nSPS) is 18.7. The number of hydrogen-bond donors (Lipinski definition) is 1. The molecular formula is C13H23NO3. The number of rotatable bonds is 5. The fourth-order valence-corrected chi connectivity index (χ4v) is 2.36. The van der Waals surface area contributed by atoms with Gasteiger partial charge in [0.15, 0.2) is 0 Å². The Kier molecular flexibility index (Phi) is 5.45. The van der Waals surface area contributed by atoms with Gasteiger partial charge in [0, 0.05) is 20.0 Å². The zero-order valence-corrected chi connectivity index (χ0v) is 10.8. The Morgan fingerprint density at radius 3 is 2.41 bits per heavy atom. The molecule has 1 rings (SSSR count). The largest absolute Gasteiger partial charge is 0.481 e. The number of amides is 1. The molecule has 1 atom stereocenters. The topological polar surface area (TPSA) is 57.6 Å². The van der Waals surface area contributed by atoms with E-state index in [9.17, 15) is 9.59 Å². The van der Waals surface area contributed by atoms with Crippen molar-refractivity contribution in [3.8, 4) is 0 Å². The predicted octanol–water partition coefficient (Wildman–Crippen LogP) is 2.14. The SMILES string of the molecule is CC(CC(=O)N(C)CC1CCCCC1)C(=O)O. The van der Waals surface area contributed by atoms with Crippen LogP contribution in [0.3, 0.4) is 0 Å². The third-order valence-electron chi connectivity index (χ3n) is 3.58. The van der Waals surface area contributed by atoms with Crippen molar-refractivity contribution in [2.45, 2.75) is 45.4 Å². The maximum atomic E-state index is 11.8. The number of carbonyl (C=O) groups is 2. The van der Waals surface area contributed by atoms with Gasteiger partial charge in [-0.15, -0.1) is 0 Å². The lowest BCUT2D eigenvalue weighted by Crippen LogP contribution is -2.34. The van der Waals surface area contributed by atoms with Crippen molar-refractivity contribution < 1.29 is 14.7 Å². The third kappa shape index (κ3) is 4.75. The fraction of sp³-hybridized carbons (Fsp3) is 0.846. The second-order valence-corrected chi connectivity index (χ2v) is 5.22. The molecule has 0 aromatic carbocycles. The smallest absolute Gasteiger partial charge is 0.306 e.